The third kappa shape index (κ3) is 2.72. The van der Waals surface area contributed by atoms with E-state index in [-0.39, 0.29) is 5.82 Å². The van der Waals surface area contributed by atoms with Gasteiger partial charge in [0.1, 0.15) is 12.9 Å². The zero-order chi connectivity index (χ0) is 14.8. The van der Waals surface area contributed by atoms with Crippen LogP contribution < -0.4 is 5.32 Å². The summed E-state index contributed by atoms with van der Waals surface area (Å²) < 4.78 is 13.2. The first-order chi connectivity index (χ1) is 10.2. The SMILES string of the molecule is CCC(=NOC)C1=C(c2ccc(F)cc2)CC2CC[C@H]1N2. The van der Waals surface area contributed by atoms with E-state index in [1.54, 1.807) is 7.11 Å². The van der Waals surface area contributed by atoms with Gasteiger partial charge in [-0.1, -0.05) is 24.2 Å². The van der Waals surface area contributed by atoms with E-state index in [1.165, 1.54) is 29.7 Å². The Morgan fingerprint density at radius 2 is 2.10 bits per heavy atom. The molecule has 0 radical (unpaired) electrons. The molecule has 3 nitrogen and oxygen atoms in total. The summed E-state index contributed by atoms with van der Waals surface area (Å²) in [4.78, 5) is 5.02. The van der Waals surface area contributed by atoms with E-state index in [2.05, 4.69) is 17.4 Å². The number of benzene rings is 1. The highest BCUT2D eigenvalue weighted by molar-refractivity contribution is 6.07. The van der Waals surface area contributed by atoms with Crippen LogP contribution in [0, 0.1) is 5.82 Å². The van der Waals surface area contributed by atoms with Gasteiger partial charge >= 0.3 is 0 Å². The van der Waals surface area contributed by atoms with Crippen LogP contribution in [-0.4, -0.2) is 24.9 Å². The number of fused-ring (bicyclic) bond motifs is 2. The highest BCUT2D eigenvalue weighted by Crippen LogP contribution is 2.38. The van der Waals surface area contributed by atoms with Gasteiger partial charge in [0.2, 0.25) is 0 Å². The van der Waals surface area contributed by atoms with Crippen molar-refractivity contribution in [2.45, 2.75) is 44.7 Å². The Kier molecular flexibility index (Phi) is 4.06. The van der Waals surface area contributed by atoms with Crippen LogP contribution >= 0.6 is 0 Å². The van der Waals surface area contributed by atoms with E-state index in [0.717, 1.165) is 30.5 Å². The molecule has 1 unspecified atom stereocenters. The molecule has 1 aromatic rings. The summed E-state index contributed by atoms with van der Waals surface area (Å²) in [6.07, 6.45) is 4.12. The topological polar surface area (TPSA) is 33.6 Å². The van der Waals surface area contributed by atoms with Crippen LogP contribution in [-0.2, 0) is 4.84 Å². The lowest BCUT2D eigenvalue weighted by molar-refractivity contribution is 0.212. The summed E-state index contributed by atoms with van der Waals surface area (Å²) in [5.41, 5.74) is 4.63. The predicted octanol–water partition coefficient (Wildman–Crippen LogP) is 3.52. The van der Waals surface area contributed by atoms with Crippen LogP contribution in [0.5, 0.6) is 0 Å². The standard InChI is InChI=1S/C17H21FN2O/c1-3-15(20-21-2)17-14(10-13-8-9-16(17)19-13)11-4-6-12(18)7-5-11/h4-7,13,16,19H,3,8-10H2,1-2H3/t13?,16-/m1/s1. The normalized spacial score (nSPS) is 25.4. The molecule has 1 saturated heterocycles. The summed E-state index contributed by atoms with van der Waals surface area (Å²) in [5.74, 6) is -0.195. The van der Waals surface area contributed by atoms with Crippen molar-refractivity contribution in [1.82, 2.24) is 5.32 Å². The molecule has 2 heterocycles. The third-order valence-electron chi connectivity index (χ3n) is 4.40. The minimum atomic E-state index is -0.195. The number of rotatable bonds is 4. The van der Waals surface area contributed by atoms with Crippen LogP contribution in [0.25, 0.3) is 5.57 Å². The molecule has 0 spiro atoms. The van der Waals surface area contributed by atoms with Crippen molar-refractivity contribution in [3.8, 4) is 0 Å². The van der Waals surface area contributed by atoms with Crippen molar-refractivity contribution in [3.63, 3.8) is 0 Å². The van der Waals surface area contributed by atoms with E-state index in [4.69, 9.17) is 4.84 Å². The van der Waals surface area contributed by atoms with Gasteiger partial charge in [0.15, 0.2) is 0 Å². The first-order valence-electron chi connectivity index (χ1n) is 7.58. The van der Waals surface area contributed by atoms with Crippen molar-refractivity contribution < 1.29 is 9.23 Å². The lowest BCUT2D eigenvalue weighted by Gasteiger charge is -2.28. The molecule has 0 amide bonds. The first kappa shape index (κ1) is 14.3. The molecule has 0 aromatic heterocycles. The summed E-state index contributed by atoms with van der Waals surface area (Å²) >= 11 is 0. The Hall–Kier alpha value is -1.68. The number of hydrogen-bond donors (Lipinski definition) is 1. The second kappa shape index (κ2) is 5.98. The van der Waals surface area contributed by atoms with E-state index >= 15 is 0 Å². The highest BCUT2D eigenvalue weighted by Gasteiger charge is 2.36. The molecule has 3 rings (SSSR count). The number of halogens is 1. The second-order valence-corrected chi connectivity index (χ2v) is 5.67. The Balaban J connectivity index is 2.09. The van der Waals surface area contributed by atoms with E-state index in [1.807, 2.05) is 12.1 Å². The molecule has 21 heavy (non-hydrogen) atoms. The van der Waals surface area contributed by atoms with Crippen LogP contribution in [0.4, 0.5) is 4.39 Å². The monoisotopic (exact) mass is 288 g/mol. The summed E-state index contributed by atoms with van der Waals surface area (Å²) in [7, 11) is 1.58. The molecule has 112 valence electrons. The van der Waals surface area contributed by atoms with E-state index < -0.39 is 0 Å². The molecule has 1 aromatic carbocycles. The number of nitrogens with zero attached hydrogens (tertiary/aromatic N) is 1. The molecule has 1 fully saturated rings. The maximum atomic E-state index is 13.2. The van der Waals surface area contributed by atoms with Crippen LogP contribution in [0.1, 0.15) is 38.2 Å². The van der Waals surface area contributed by atoms with Gasteiger partial charge in [-0.3, -0.25) is 0 Å². The number of hydrogen-bond acceptors (Lipinski definition) is 3. The molecular formula is C17H21FN2O. The van der Waals surface area contributed by atoms with Crippen molar-refractivity contribution in [1.29, 1.82) is 0 Å². The van der Waals surface area contributed by atoms with Crippen molar-refractivity contribution in [2.75, 3.05) is 7.11 Å². The second-order valence-electron chi connectivity index (χ2n) is 5.67. The fourth-order valence-electron chi connectivity index (χ4n) is 3.49. The molecule has 2 aliphatic rings. The van der Waals surface area contributed by atoms with Gasteiger partial charge in [-0.15, -0.1) is 0 Å². The Morgan fingerprint density at radius 3 is 2.76 bits per heavy atom. The van der Waals surface area contributed by atoms with Crippen LogP contribution in [0.2, 0.25) is 0 Å². The van der Waals surface area contributed by atoms with Gasteiger partial charge in [-0.05, 0) is 54.5 Å². The van der Waals surface area contributed by atoms with Crippen molar-refractivity contribution >= 4 is 11.3 Å². The van der Waals surface area contributed by atoms with Gasteiger partial charge in [0.05, 0.1) is 5.71 Å². The fourth-order valence-corrected chi connectivity index (χ4v) is 3.49. The minimum Gasteiger partial charge on any atom is -0.399 e. The maximum absolute atomic E-state index is 13.2. The quantitative estimate of drug-likeness (QED) is 0.679. The van der Waals surface area contributed by atoms with Gasteiger partial charge in [-0.25, -0.2) is 4.39 Å². The van der Waals surface area contributed by atoms with E-state index in [0.29, 0.717) is 12.1 Å². The molecule has 2 aliphatic heterocycles. The lowest BCUT2D eigenvalue weighted by Crippen LogP contribution is -2.38. The highest BCUT2D eigenvalue weighted by atomic mass is 19.1. The van der Waals surface area contributed by atoms with Gasteiger partial charge in [0.25, 0.3) is 0 Å². The zero-order valence-electron chi connectivity index (χ0n) is 12.5. The zero-order valence-corrected chi connectivity index (χ0v) is 12.5. The largest absolute Gasteiger partial charge is 0.399 e. The smallest absolute Gasteiger partial charge is 0.123 e. The number of oxime groups is 1. The van der Waals surface area contributed by atoms with Crippen LogP contribution in [0.15, 0.2) is 35.0 Å². The maximum Gasteiger partial charge on any atom is 0.123 e. The fraction of sp³-hybridized carbons (Fsp3) is 0.471. The minimum absolute atomic E-state index is 0.195. The average Bonchev–Trinajstić information content (AvgIpc) is 2.88. The lowest BCUT2D eigenvalue weighted by atomic mass is 9.86. The first-order valence-corrected chi connectivity index (χ1v) is 7.58. The van der Waals surface area contributed by atoms with Gasteiger partial charge < -0.3 is 10.2 Å². The number of nitrogens with one attached hydrogen (secondary N) is 1. The van der Waals surface area contributed by atoms with Crippen LogP contribution in [0.3, 0.4) is 0 Å². The Labute approximate surface area is 124 Å². The Bertz CT molecular complexity index is 577. The molecule has 2 bridgehead atoms. The molecule has 4 heteroatoms. The average molecular weight is 288 g/mol. The molecular weight excluding hydrogens is 267 g/mol. The molecule has 2 atom stereocenters. The summed E-state index contributed by atoms with van der Waals surface area (Å²) in [5, 5.41) is 7.88. The molecule has 0 aliphatic carbocycles. The summed E-state index contributed by atoms with van der Waals surface area (Å²) in [6, 6.07) is 7.67. The van der Waals surface area contributed by atoms with E-state index in [9.17, 15) is 4.39 Å². The molecule has 0 saturated carbocycles. The molecule has 1 N–H and O–H groups in total. The van der Waals surface area contributed by atoms with Crippen molar-refractivity contribution in [2.24, 2.45) is 5.16 Å². The summed E-state index contributed by atoms with van der Waals surface area (Å²) in [6.45, 7) is 2.09. The third-order valence-corrected chi connectivity index (χ3v) is 4.40. The predicted molar refractivity (Wildman–Crippen MR) is 82.6 cm³/mol. The van der Waals surface area contributed by atoms with Gasteiger partial charge in [-0.2, -0.15) is 0 Å². The Morgan fingerprint density at radius 1 is 1.33 bits per heavy atom. The van der Waals surface area contributed by atoms with Gasteiger partial charge in [0, 0.05) is 12.1 Å². The van der Waals surface area contributed by atoms with Crippen molar-refractivity contribution in [3.05, 3.63) is 41.2 Å².